The molecule has 0 aliphatic rings. The molecule has 9 heteroatoms. The van der Waals surface area contributed by atoms with Gasteiger partial charge in [0.25, 0.3) is 0 Å². The summed E-state index contributed by atoms with van der Waals surface area (Å²) in [5, 5.41) is 29.7. The zero-order valence-corrected chi connectivity index (χ0v) is 21.8. The minimum absolute atomic E-state index is 0.243. The minimum Gasteiger partial charge on any atom is -0.494 e. The fourth-order valence-electron chi connectivity index (χ4n) is 3.66. The quantitative estimate of drug-likeness (QED) is 0.190. The summed E-state index contributed by atoms with van der Waals surface area (Å²) in [4.78, 5) is 11.1. The molecule has 0 saturated carbocycles. The summed E-state index contributed by atoms with van der Waals surface area (Å²) in [6.07, 6.45) is 3.43. The van der Waals surface area contributed by atoms with E-state index in [4.69, 9.17) is 9.84 Å². The van der Waals surface area contributed by atoms with Gasteiger partial charge in [-0.2, -0.15) is 0 Å². The number of carboxylic acid groups (broad SMARTS) is 1. The zero-order chi connectivity index (χ0) is 25.6. The Morgan fingerprint density at radius 1 is 0.676 bits per heavy atom. The Bertz CT molecular complexity index is 1480. The molecule has 37 heavy (non-hydrogen) atoms. The lowest BCUT2D eigenvalue weighted by atomic mass is 10.1. The van der Waals surface area contributed by atoms with Crippen LogP contribution in [0.15, 0.2) is 72.8 Å². The van der Waals surface area contributed by atoms with Gasteiger partial charge in [-0.3, -0.25) is 0 Å². The molecule has 0 bridgehead atoms. The van der Waals surface area contributed by atoms with E-state index in [2.05, 4.69) is 27.3 Å². The Hall–Kier alpha value is -3.95. The van der Waals surface area contributed by atoms with Gasteiger partial charge >= 0.3 is 5.97 Å². The van der Waals surface area contributed by atoms with Crippen LogP contribution in [0.1, 0.15) is 36.5 Å². The number of hydrogen-bond acceptors (Lipinski definition) is 8. The molecule has 0 aliphatic carbocycles. The average Bonchev–Trinajstić information content (AvgIpc) is 3.63. The van der Waals surface area contributed by atoms with Gasteiger partial charge in [0.15, 0.2) is 0 Å². The fraction of sp³-hybridized carbons (Fsp3) is 0.179. The topological polar surface area (TPSA) is 98.1 Å². The molecule has 0 atom stereocenters. The number of hydrogen-bond donors (Lipinski definition) is 1. The number of carbonyl (C=O) groups is 1. The second-order valence-corrected chi connectivity index (χ2v) is 10.3. The first-order chi connectivity index (χ1) is 18.1. The van der Waals surface area contributed by atoms with E-state index in [9.17, 15) is 4.79 Å². The molecule has 0 aliphatic heterocycles. The molecule has 0 amide bonds. The van der Waals surface area contributed by atoms with E-state index >= 15 is 0 Å². The van der Waals surface area contributed by atoms with E-state index in [1.807, 2.05) is 48.5 Å². The summed E-state index contributed by atoms with van der Waals surface area (Å²) in [6.45, 7) is 2.92. The molecule has 5 aromatic rings. The number of benzene rings is 3. The van der Waals surface area contributed by atoms with Crippen LogP contribution in [0.5, 0.6) is 5.75 Å². The Kier molecular flexibility index (Phi) is 7.62. The SMILES string of the molecule is CCCCCOc1ccc(-c2nnc(-c3ccc(-c4nnc(-c5ccc(C(=O)O)cc5)s4)cc3)s2)cc1. The lowest BCUT2D eigenvalue weighted by Crippen LogP contribution is -1.96. The highest BCUT2D eigenvalue weighted by Gasteiger charge is 2.12. The summed E-state index contributed by atoms with van der Waals surface area (Å²) >= 11 is 3.00. The summed E-state index contributed by atoms with van der Waals surface area (Å²) in [5.41, 5.74) is 4.03. The normalized spacial score (nSPS) is 10.9. The summed E-state index contributed by atoms with van der Waals surface area (Å²) < 4.78 is 5.80. The van der Waals surface area contributed by atoms with Crippen LogP contribution < -0.4 is 4.74 Å². The predicted molar refractivity (Wildman–Crippen MR) is 147 cm³/mol. The molecule has 0 fully saturated rings. The van der Waals surface area contributed by atoms with Gasteiger partial charge in [-0.05, 0) is 42.8 Å². The number of aromatic carboxylic acids is 1. The number of carboxylic acids is 1. The first-order valence-electron chi connectivity index (χ1n) is 12.0. The van der Waals surface area contributed by atoms with Crippen LogP contribution in [0.2, 0.25) is 0 Å². The van der Waals surface area contributed by atoms with E-state index in [0.717, 1.165) is 61.1 Å². The van der Waals surface area contributed by atoms with Crippen molar-refractivity contribution in [1.29, 1.82) is 0 Å². The number of nitrogens with zero attached hydrogens (tertiary/aromatic N) is 4. The van der Waals surface area contributed by atoms with Crippen molar-refractivity contribution in [2.24, 2.45) is 0 Å². The van der Waals surface area contributed by atoms with Crippen LogP contribution in [-0.4, -0.2) is 38.1 Å². The molecule has 1 N–H and O–H groups in total. The molecule has 2 aromatic heterocycles. The van der Waals surface area contributed by atoms with Crippen molar-refractivity contribution in [2.75, 3.05) is 6.61 Å². The third kappa shape index (κ3) is 5.90. The summed E-state index contributed by atoms with van der Waals surface area (Å²) in [5.74, 6) is -0.0786. The zero-order valence-electron chi connectivity index (χ0n) is 20.1. The molecule has 0 spiro atoms. The van der Waals surface area contributed by atoms with Crippen molar-refractivity contribution in [3.05, 3.63) is 78.4 Å². The molecule has 7 nitrogen and oxygen atoms in total. The van der Waals surface area contributed by atoms with Gasteiger partial charge in [0.1, 0.15) is 25.8 Å². The first kappa shape index (κ1) is 24.7. The smallest absolute Gasteiger partial charge is 0.335 e. The number of rotatable bonds is 10. The maximum Gasteiger partial charge on any atom is 0.335 e. The number of ether oxygens (including phenoxy) is 1. The van der Waals surface area contributed by atoms with Crippen molar-refractivity contribution >= 4 is 28.6 Å². The standard InChI is InChI=1S/C28H24N4O3S2/c1-2-3-4-17-35-23-15-13-21(14-16-23)27-32-30-25(37-27)19-7-5-18(6-8-19)24-29-31-26(36-24)20-9-11-22(12-10-20)28(33)34/h5-16H,2-4,17H2,1H3,(H,33,34). The third-order valence-corrected chi connectivity index (χ3v) is 7.77. The molecule has 0 radical (unpaired) electrons. The Balaban J connectivity index is 1.25. The highest BCUT2D eigenvalue weighted by atomic mass is 32.1. The van der Waals surface area contributed by atoms with Crippen LogP contribution in [0, 0.1) is 0 Å². The van der Waals surface area contributed by atoms with E-state index in [1.54, 1.807) is 35.6 Å². The maximum absolute atomic E-state index is 11.1. The molecule has 0 saturated heterocycles. The monoisotopic (exact) mass is 528 g/mol. The van der Waals surface area contributed by atoms with E-state index in [1.165, 1.54) is 24.2 Å². The number of aromatic nitrogens is 4. The van der Waals surface area contributed by atoms with Gasteiger partial charge in [0, 0.05) is 22.3 Å². The maximum atomic E-state index is 11.1. The highest BCUT2D eigenvalue weighted by Crippen LogP contribution is 2.34. The minimum atomic E-state index is -0.951. The third-order valence-electron chi connectivity index (χ3n) is 5.73. The second kappa shape index (κ2) is 11.4. The van der Waals surface area contributed by atoms with Crippen LogP contribution in [0.25, 0.3) is 42.3 Å². The van der Waals surface area contributed by atoms with Gasteiger partial charge in [-0.1, -0.05) is 78.8 Å². The summed E-state index contributed by atoms with van der Waals surface area (Å²) in [7, 11) is 0. The van der Waals surface area contributed by atoms with Gasteiger partial charge in [0.2, 0.25) is 0 Å². The van der Waals surface area contributed by atoms with Gasteiger partial charge < -0.3 is 9.84 Å². The van der Waals surface area contributed by atoms with Crippen molar-refractivity contribution < 1.29 is 14.6 Å². The molecule has 2 heterocycles. The van der Waals surface area contributed by atoms with Crippen molar-refractivity contribution in [1.82, 2.24) is 20.4 Å². The Morgan fingerprint density at radius 3 is 1.49 bits per heavy atom. The van der Waals surface area contributed by atoms with Crippen LogP contribution >= 0.6 is 22.7 Å². The molecule has 5 rings (SSSR count). The predicted octanol–water partition coefficient (Wildman–Crippen LogP) is 7.32. The fourth-order valence-corrected chi connectivity index (χ4v) is 5.37. The van der Waals surface area contributed by atoms with Crippen LogP contribution in [0.3, 0.4) is 0 Å². The Labute approximate surface area is 222 Å². The molecule has 186 valence electrons. The van der Waals surface area contributed by atoms with Crippen LogP contribution in [0.4, 0.5) is 0 Å². The molecular formula is C28H24N4O3S2. The highest BCUT2D eigenvalue weighted by molar-refractivity contribution is 7.18. The average molecular weight is 529 g/mol. The van der Waals surface area contributed by atoms with Crippen LogP contribution in [-0.2, 0) is 0 Å². The lowest BCUT2D eigenvalue weighted by Gasteiger charge is -2.05. The molecular weight excluding hydrogens is 504 g/mol. The van der Waals surface area contributed by atoms with E-state index in [0.29, 0.717) is 0 Å². The Morgan fingerprint density at radius 2 is 1.08 bits per heavy atom. The van der Waals surface area contributed by atoms with Crippen molar-refractivity contribution in [3.63, 3.8) is 0 Å². The van der Waals surface area contributed by atoms with Gasteiger partial charge in [0.05, 0.1) is 12.2 Å². The molecule has 3 aromatic carbocycles. The lowest BCUT2D eigenvalue weighted by molar-refractivity contribution is 0.0697. The largest absolute Gasteiger partial charge is 0.494 e. The van der Waals surface area contributed by atoms with Gasteiger partial charge in [-0.25, -0.2) is 4.79 Å². The van der Waals surface area contributed by atoms with Crippen molar-refractivity contribution in [3.8, 4) is 48.0 Å². The van der Waals surface area contributed by atoms with Crippen molar-refractivity contribution in [2.45, 2.75) is 26.2 Å². The van der Waals surface area contributed by atoms with Gasteiger partial charge in [-0.15, -0.1) is 20.4 Å². The molecule has 0 unspecified atom stereocenters. The van der Waals surface area contributed by atoms with E-state index in [-0.39, 0.29) is 5.56 Å². The van der Waals surface area contributed by atoms with E-state index < -0.39 is 5.97 Å². The first-order valence-corrected chi connectivity index (χ1v) is 13.6. The second-order valence-electron chi connectivity index (χ2n) is 8.36. The summed E-state index contributed by atoms with van der Waals surface area (Å²) in [6, 6.07) is 22.7. The number of unbranched alkanes of at least 4 members (excludes halogenated alkanes) is 2.